The molecule has 208 valence electrons. The van der Waals surface area contributed by atoms with Gasteiger partial charge in [0.05, 0.1) is 7.05 Å². The van der Waals surface area contributed by atoms with Crippen LogP contribution in [0.15, 0.2) is 45.3 Å². The molecular weight excluding hydrogens is 579 g/mol. The maximum atomic E-state index is 13.2. The number of carboxylic acid groups (broad SMARTS) is 1. The summed E-state index contributed by atoms with van der Waals surface area (Å²) < 4.78 is 7.68. The zero-order valence-corrected chi connectivity index (χ0v) is 23.5. The zero-order valence-electron chi connectivity index (χ0n) is 21.1. The molecule has 2 aliphatic heterocycles. The van der Waals surface area contributed by atoms with Crippen molar-refractivity contribution in [2.75, 3.05) is 11.5 Å². The molecule has 3 aromatic heterocycles. The van der Waals surface area contributed by atoms with Crippen LogP contribution in [0.3, 0.4) is 0 Å². The van der Waals surface area contributed by atoms with Crippen LogP contribution in [0.4, 0.5) is 5.13 Å². The second-order valence-electron chi connectivity index (χ2n) is 9.33. The number of aryl methyl sites for hydroxylation is 1. The lowest BCUT2D eigenvalue weighted by Gasteiger charge is -2.49. The Kier molecular flexibility index (Phi) is 7.09. The molecule has 1 saturated heterocycles. The van der Waals surface area contributed by atoms with Crippen LogP contribution < -0.4 is 15.6 Å². The second-order valence-corrected chi connectivity index (χ2v) is 12.3. The Balaban J connectivity index is 1.20. The van der Waals surface area contributed by atoms with E-state index in [4.69, 9.17) is 10.6 Å². The summed E-state index contributed by atoms with van der Waals surface area (Å²) >= 11 is 3.47. The van der Waals surface area contributed by atoms with E-state index in [0.29, 0.717) is 15.7 Å². The fourth-order valence-electron chi connectivity index (χ4n) is 4.74. The number of hydrogen-bond acceptors (Lipinski definition) is 12. The first-order valence-corrected chi connectivity index (χ1v) is 15.0. The van der Waals surface area contributed by atoms with E-state index in [-0.39, 0.29) is 28.5 Å². The predicted molar refractivity (Wildman–Crippen MR) is 146 cm³/mol. The van der Waals surface area contributed by atoms with E-state index >= 15 is 0 Å². The number of imidazole rings is 1. The topological polar surface area (TPSA) is 181 Å². The van der Waals surface area contributed by atoms with Crippen LogP contribution in [0.1, 0.15) is 31.5 Å². The van der Waals surface area contributed by atoms with Gasteiger partial charge in [0.15, 0.2) is 11.3 Å². The second kappa shape index (κ2) is 10.7. The van der Waals surface area contributed by atoms with Crippen LogP contribution in [0.5, 0.6) is 0 Å². The number of aliphatic carboxylic acids is 1. The average molecular weight is 603 g/mol. The number of nitrogen functional groups attached to an aromatic ring is 1. The minimum absolute atomic E-state index is 0.00323. The van der Waals surface area contributed by atoms with Crippen molar-refractivity contribution in [2.24, 2.45) is 12.2 Å². The molecule has 0 spiro atoms. The van der Waals surface area contributed by atoms with Crippen LogP contribution in [0, 0.1) is 0 Å². The van der Waals surface area contributed by atoms with Gasteiger partial charge in [-0.25, -0.2) is 9.36 Å². The molecule has 0 unspecified atom stereocenters. The number of oxime groups is 1. The number of carbonyl (C=O) groups excluding carboxylic acids is 2. The summed E-state index contributed by atoms with van der Waals surface area (Å²) in [5.74, 6) is -2.14. The quantitative estimate of drug-likeness (QED) is 0.143. The van der Waals surface area contributed by atoms with Gasteiger partial charge in [0.2, 0.25) is 11.5 Å². The van der Waals surface area contributed by atoms with E-state index in [2.05, 4.69) is 24.9 Å². The van der Waals surface area contributed by atoms with Crippen LogP contribution in [0.25, 0.3) is 5.65 Å². The Labute approximate surface area is 239 Å². The summed E-state index contributed by atoms with van der Waals surface area (Å²) in [4.78, 5) is 50.1. The number of carbonyl (C=O) groups is 3. The van der Waals surface area contributed by atoms with E-state index < -0.39 is 29.2 Å². The van der Waals surface area contributed by atoms with Gasteiger partial charge in [-0.05, 0) is 31.7 Å². The molecule has 0 bridgehead atoms. The van der Waals surface area contributed by atoms with E-state index in [0.717, 1.165) is 42.9 Å². The number of thioether (sulfide) groups is 2. The highest BCUT2D eigenvalue weighted by Crippen LogP contribution is 2.44. The van der Waals surface area contributed by atoms with Crippen molar-refractivity contribution in [3.63, 3.8) is 0 Å². The van der Waals surface area contributed by atoms with Crippen LogP contribution in [-0.2, 0) is 26.3 Å². The molecular formula is C23H24N9O5S3+. The molecule has 0 aromatic carbocycles. The lowest BCUT2D eigenvalue weighted by atomic mass is 10.0. The number of fused-ring (bicyclic) bond motifs is 2. The van der Waals surface area contributed by atoms with Crippen molar-refractivity contribution in [3.8, 4) is 0 Å². The number of hydrogen-bond donors (Lipinski definition) is 3. The Morgan fingerprint density at radius 1 is 1.32 bits per heavy atom. The van der Waals surface area contributed by atoms with Crippen molar-refractivity contribution in [1.82, 2.24) is 29.2 Å². The Morgan fingerprint density at radius 3 is 2.85 bits per heavy atom. The van der Waals surface area contributed by atoms with E-state index in [9.17, 15) is 19.5 Å². The summed E-state index contributed by atoms with van der Waals surface area (Å²) in [5.41, 5.74) is 6.28. The molecule has 2 fully saturated rings. The number of β-lactam (4-membered cyclic amide) rings is 1. The standard InChI is InChI=1S/C23H23N9O5S3/c1-30-8-9-31-14(30)7-6-13(27-31)39-12-10-38-21-16(20(34)32(21)17(12)22(35)36)25-19(33)15(18-26-23(24)40-29-18)28-37-11-4-2-3-5-11/h6-9,11,16,21H,2-5,10H2,1H3,(H3-,24,25,26,29,33,35,36)/p+1/b28-15-/t16-,21-/m1/s1. The first-order chi connectivity index (χ1) is 19.3. The molecule has 40 heavy (non-hydrogen) atoms. The number of nitrogens with zero attached hydrogens (tertiary/aromatic N) is 7. The highest BCUT2D eigenvalue weighted by atomic mass is 32.2. The third-order valence-electron chi connectivity index (χ3n) is 6.72. The predicted octanol–water partition coefficient (Wildman–Crippen LogP) is 0.744. The van der Waals surface area contributed by atoms with Crippen LogP contribution in [-0.4, -0.2) is 75.7 Å². The fraction of sp³-hybridized carbons (Fsp3) is 0.391. The number of anilines is 1. The molecule has 3 aromatic rings. The first-order valence-electron chi connectivity index (χ1n) is 12.4. The number of nitrogens with two attached hydrogens (primary N) is 1. The summed E-state index contributed by atoms with van der Waals surface area (Å²) in [6, 6.07) is 2.73. The zero-order chi connectivity index (χ0) is 28.0. The van der Waals surface area contributed by atoms with Crippen LogP contribution >= 0.6 is 35.1 Å². The van der Waals surface area contributed by atoms with Crippen molar-refractivity contribution in [1.29, 1.82) is 0 Å². The summed E-state index contributed by atoms with van der Waals surface area (Å²) in [7, 11) is 1.90. The third-order valence-corrected chi connectivity index (χ3v) is 9.74. The molecule has 17 heteroatoms. The molecule has 1 saturated carbocycles. The molecule has 6 rings (SSSR count). The molecule has 3 aliphatic rings. The monoisotopic (exact) mass is 602 g/mol. The highest BCUT2D eigenvalue weighted by Gasteiger charge is 2.54. The number of rotatable bonds is 8. The van der Waals surface area contributed by atoms with Crippen molar-refractivity contribution >= 4 is 69.3 Å². The van der Waals surface area contributed by atoms with Gasteiger partial charge in [0, 0.05) is 28.3 Å². The van der Waals surface area contributed by atoms with E-state index in [1.165, 1.54) is 28.4 Å². The van der Waals surface area contributed by atoms with Crippen molar-refractivity contribution in [3.05, 3.63) is 41.0 Å². The summed E-state index contributed by atoms with van der Waals surface area (Å²) in [6.45, 7) is 0. The summed E-state index contributed by atoms with van der Waals surface area (Å²) in [5, 5.41) is 21.4. The Hall–Kier alpha value is -3.70. The van der Waals surface area contributed by atoms with Crippen LogP contribution in [0.2, 0.25) is 0 Å². The van der Waals surface area contributed by atoms with Gasteiger partial charge in [0.25, 0.3) is 11.8 Å². The number of amides is 2. The van der Waals surface area contributed by atoms with E-state index in [1.807, 2.05) is 23.9 Å². The largest absolute Gasteiger partial charge is 0.477 e. The Morgan fingerprint density at radius 2 is 2.12 bits per heavy atom. The molecule has 0 radical (unpaired) electrons. The van der Waals surface area contributed by atoms with Gasteiger partial charge in [0.1, 0.15) is 34.4 Å². The van der Waals surface area contributed by atoms with Gasteiger partial charge >= 0.3 is 11.6 Å². The molecule has 14 nitrogen and oxygen atoms in total. The molecule has 2 amide bonds. The maximum Gasteiger partial charge on any atom is 0.353 e. The lowest BCUT2D eigenvalue weighted by Crippen LogP contribution is -2.71. The average Bonchev–Trinajstić information content (AvgIpc) is 3.69. The maximum absolute atomic E-state index is 13.2. The van der Waals surface area contributed by atoms with Crippen molar-refractivity contribution < 1.29 is 28.9 Å². The highest BCUT2D eigenvalue weighted by molar-refractivity contribution is 8.06. The smallest absolute Gasteiger partial charge is 0.353 e. The Bertz CT molecular complexity index is 1580. The molecule has 1 aliphatic carbocycles. The van der Waals surface area contributed by atoms with Crippen molar-refractivity contribution in [2.45, 2.75) is 48.2 Å². The molecule has 4 N–H and O–H groups in total. The number of carboxylic acids is 1. The number of aromatic nitrogens is 5. The van der Waals surface area contributed by atoms with Gasteiger partial charge in [-0.1, -0.05) is 22.0 Å². The summed E-state index contributed by atoms with van der Waals surface area (Å²) in [6.07, 6.45) is 7.26. The third kappa shape index (κ3) is 4.88. The number of nitrogens with one attached hydrogen (secondary N) is 1. The normalized spacial score (nSPS) is 21.5. The molecule has 5 heterocycles. The lowest BCUT2D eigenvalue weighted by molar-refractivity contribution is -0.644. The van der Waals surface area contributed by atoms with Gasteiger partial charge in [-0.3, -0.25) is 14.5 Å². The van der Waals surface area contributed by atoms with E-state index in [1.54, 1.807) is 16.8 Å². The van der Waals surface area contributed by atoms with Gasteiger partial charge < -0.3 is 21.0 Å². The SMILES string of the molecule is C[n+]1ccn2nc(SC3=C(C(=O)O)N4C(=O)[C@@H](NC(=O)/C(=N\OC5CCCC5)c5nsc(N)n5)[C@H]4SC3)ccc21. The minimum atomic E-state index is -1.23. The van der Waals surface area contributed by atoms with Gasteiger partial charge in [-0.15, -0.1) is 16.3 Å². The minimum Gasteiger partial charge on any atom is -0.477 e. The first kappa shape index (κ1) is 26.5. The fourth-order valence-corrected chi connectivity index (χ4v) is 7.61. The van der Waals surface area contributed by atoms with Gasteiger partial charge in [-0.2, -0.15) is 9.36 Å². The molecule has 2 atom stereocenters.